The van der Waals surface area contributed by atoms with E-state index in [0.29, 0.717) is 27.7 Å². The van der Waals surface area contributed by atoms with Crippen molar-refractivity contribution in [2.75, 3.05) is 10.6 Å². The second kappa shape index (κ2) is 8.84. The van der Waals surface area contributed by atoms with E-state index >= 15 is 0 Å². The molecule has 1 aromatic heterocycles. The number of halogens is 1. The van der Waals surface area contributed by atoms with Gasteiger partial charge >= 0.3 is 0 Å². The van der Waals surface area contributed by atoms with Crippen molar-refractivity contribution in [1.29, 1.82) is 0 Å². The Morgan fingerprint density at radius 2 is 1.81 bits per heavy atom. The molecule has 3 aromatic rings. The first-order valence-electron chi connectivity index (χ1n) is 8.58. The summed E-state index contributed by atoms with van der Waals surface area (Å²) in [6, 6.07) is 18.3. The van der Waals surface area contributed by atoms with Crippen molar-refractivity contribution in [2.24, 2.45) is 0 Å². The molecular weight excluding hydrogens is 380 g/mol. The van der Waals surface area contributed by atoms with Crippen molar-refractivity contribution in [3.05, 3.63) is 81.5 Å². The van der Waals surface area contributed by atoms with Crippen LogP contribution in [0.25, 0.3) is 0 Å². The van der Waals surface area contributed by atoms with Crippen LogP contribution in [0.1, 0.15) is 34.5 Å². The van der Waals surface area contributed by atoms with Crippen molar-refractivity contribution < 1.29 is 9.59 Å². The van der Waals surface area contributed by atoms with Crippen molar-refractivity contribution in [3.8, 4) is 0 Å². The molecule has 0 saturated heterocycles. The first kappa shape index (κ1) is 19.1. The van der Waals surface area contributed by atoms with Gasteiger partial charge in [0.2, 0.25) is 5.91 Å². The van der Waals surface area contributed by atoms with Crippen LogP contribution in [0.3, 0.4) is 0 Å². The van der Waals surface area contributed by atoms with Gasteiger partial charge in [0.25, 0.3) is 5.91 Å². The van der Waals surface area contributed by atoms with E-state index in [1.165, 1.54) is 11.3 Å². The minimum atomic E-state index is -0.233. The molecule has 0 aliphatic rings. The maximum atomic E-state index is 12.7. The topological polar surface area (TPSA) is 58.2 Å². The molecule has 1 atom stereocenters. The Labute approximate surface area is 167 Å². The van der Waals surface area contributed by atoms with Gasteiger partial charge in [-0.25, -0.2) is 0 Å². The van der Waals surface area contributed by atoms with E-state index in [0.717, 1.165) is 5.56 Å². The van der Waals surface area contributed by atoms with Gasteiger partial charge in [0, 0.05) is 5.69 Å². The van der Waals surface area contributed by atoms with Crippen molar-refractivity contribution >= 4 is 46.1 Å². The van der Waals surface area contributed by atoms with Gasteiger partial charge in [-0.15, -0.1) is 11.3 Å². The summed E-state index contributed by atoms with van der Waals surface area (Å²) >= 11 is 7.65. The molecule has 3 rings (SSSR count). The Morgan fingerprint density at radius 1 is 1.04 bits per heavy atom. The first-order chi connectivity index (χ1) is 13.1. The highest BCUT2D eigenvalue weighted by Gasteiger charge is 2.19. The molecule has 0 radical (unpaired) electrons. The van der Waals surface area contributed by atoms with Crippen molar-refractivity contribution in [1.82, 2.24) is 0 Å². The fourth-order valence-electron chi connectivity index (χ4n) is 2.77. The van der Waals surface area contributed by atoms with Gasteiger partial charge < -0.3 is 10.6 Å². The van der Waals surface area contributed by atoms with Crippen molar-refractivity contribution in [3.63, 3.8) is 0 Å². The van der Waals surface area contributed by atoms with Gasteiger partial charge in [0.05, 0.1) is 21.5 Å². The summed E-state index contributed by atoms with van der Waals surface area (Å²) < 4.78 is 0. The number of carbonyl (C=O) groups is 2. The molecule has 4 nitrogen and oxygen atoms in total. The van der Waals surface area contributed by atoms with Gasteiger partial charge in [-0.3, -0.25) is 9.59 Å². The number of hydrogen-bond acceptors (Lipinski definition) is 3. The zero-order chi connectivity index (χ0) is 19.2. The van der Waals surface area contributed by atoms with E-state index in [1.54, 1.807) is 24.3 Å². The highest BCUT2D eigenvalue weighted by Crippen LogP contribution is 2.28. The second-order valence-electron chi connectivity index (χ2n) is 5.99. The number of rotatable bonds is 6. The first-order valence-corrected chi connectivity index (χ1v) is 9.84. The standard InChI is InChI=1S/C21H19ClN2O2S/c1-2-16(14-7-4-3-5-8-14)20(25)23-15-10-11-18(17(22)13-15)24-21(26)19-9-6-12-27-19/h3-13,16H,2H2,1H3,(H,23,25)(H,24,26)/t16-/m0/s1. The van der Waals surface area contributed by atoms with Gasteiger partial charge in [-0.2, -0.15) is 0 Å². The number of nitrogens with one attached hydrogen (secondary N) is 2. The van der Waals surface area contributed by atoms with Gasteiger partial charge in [-0.1, -0.05) is 54.9 Å². The van der Waals surface area contributed by atoms with Crippen LogP contribution in [0.4, 0.5) is 11.4 Å². The highest BCUT2D eigenvalue weighted by molar-refractivity contribution is 7.12. The third kappa shape index (κ3) is 4.76. The number of thiophene rings is 1. The summed E-state index contributed by atoms with van der Waals surface area (Å²) in [5, 5.41) is 7.89. The van der Waals surface area contributed by atoms with Crippen LogP contribution in [0, 0.1) is 0 Å². The zero-order valence-electron chi connectivity index (χ0n) is 14.7. The summed E-state index contributed by atoms with van der Waals surface area (Å²) in [5.74, 6) is -0.530. The maximum absolute atomic E-state index is 12.7. The van der Waals surface area contributed by atoms with E-state index in [9.17, 15) is 9.59 Å². The van der Waals surface area contributed by atoms with Crippen LogP contribution in [-0.2, 0) is 4.79 Å². The summed E-state index contributed by atoms with van der Waals surface area (Å²) in [5.41, 5.74) is 2.07. The van der Waals surface area contributed by atoms with E-state index in [4.69, 9.17) is 11.6 Å². The molecule has 0 saturated carbocycles. The van der Waals surface area contributed by atoms with E-state index in [1.807, 2.05) is 48.7 Å². The lowest BCUT2D eigenvalue weighted by molar-refractivity contribution is -0.117. The fourth-order valence-corrected chi connectivity index (χ4v) is 3.62. The molecule has 138 valence electrons. The monoisotopic (exact) mass is 398 g/mol. The van der Waals surface area contributed by atoms with E-state index < -0.39 is 0 Å². The third-order valence-corrected chi connectivity index (χ3v) is 5.34. The average Bonchev–Trinajstić information content (AvgIpc) is 3.20. The second-order valence-corrected chi connectivity index (χ2v) is 7.34. The summed E-state index contributed by atoms with van der Waals surface area (Å²) in [6.07, 6.45) is 0.693. The molecule has 2 aromatic carbocycles. The van der Waals surface area contributed by atoms with Crippen LogP contribution < -0.4 is 10.6 Å². The smallest absolute Gasteiger partial charge is 0.265 e. The summed E-state index contributed by atoms with van der Waals surface area (Å²) in [4.78, 5) is 25.4. The maximum Gasteiger partial charge on any atom is 0.265 e. The molecule has 0 aliphatic heterocycles. The lowest BCUT2D eigenvalue weighted by atomic mass is 9.95. The Bertz CT molecular complexity index is 927. The molecule has 0 unspecified atom stereocenters. The number of anilines is 2. The third-order valence-electron chi connectivity index (χ3n) is 4.16. The molecule has 0 bridgehead atoms. The minimum absolute atomic E-state index is 0.0878. The molecule has 1 heterocycles. The van der Waals surface area contributed by atoms with Gasteiger partial charge in [-0.05, 0) is 41.6 Å². The number of hydrogen-bond donors (Lipinski definition) is 2. The Hall–Kier alpha value is -2.63. The molecule has 0 spiro atoms. The average molecular weight is 399 g/mol. The molecule has 0 aliphatic carbocycles. The molecule has 0 fully saturated rings. The molecule has 2 amide bonds. The lowest BCUT2D eigenvalue weighted by Crippen LogP contribution is -2.20. The number of carbonyl (C=O) groups excluding carboxylic acids is 2. The Balaban J connectivity index is 1.70. The van der Waals surface area contributed by atoms with Gasteiger partial charge in [0.1, 0.15) is 0 Å². The fraction of sp³-hybridized carbons (Fsp3) is 0.143. The molecule has 27 heavy (non-hydrogen) atoms. The van der Waals surface area contributed by atoms with Crippen LogP contribution in [0.2, 0.25) is 5.02 Å². The van der Waals surface area contributed by atoms with Crippen LogP contribution in [0.15, 0.2) is 66.0 Å². The van der Waals surface area contributed by atoms with Crippen LogP contribution in [-0.4, -0.2) is 11.8 Å². The molecule has 2 N–H and O–H groups in total. The Kier molecular flexibility index (Phi) is 6.27. The van der Waals surface area contributed by atoms with Crippen LogP contribution in [0.5, 0.6) is 0 Å². The zero-order valence-corrected chi connectivity index (χ0v) is 16.3. The predicted octanol–water partition coefficient (Wildman–Crippen LogP) is 5.79. The summed E-state index contributed by atoms with van der Waals surface area (Å²) in [6.45, 7) is 1.98. The SMILES string of the molecule is CC[C@H](C(=O)Nc1ccc(NC(=O)c2cccs2)c(Cl)c1)c1ccccc1. The minimum Gasteiger partial charge on any atom is -0.326 e. The highest BCUT2D eigenvalue weighted by atomic mass is 35.5. The van der Waals surface area contributed by atoms with Crippen molar-refractivity contribution in [2.45, 2.75) is 19.3 Å². The van der Waals surface area contributed by atoms with E-state index in [2.05, 4.69) is 10.6 Å². The quantitative estimate of drug-likeness (QED) is 0.552. The summed E-state index contributed by atoms with van der Waals surface area (Å²) in [7, 11) is 0. The van der Waals surface area contributed by atoms with Crippen LogP contribution >= 0.6 is 22.9 Å². The normalized spacial score (nSPS) is 11.6. The molecular formula is C21H19ClN2O2S. The largest absolute Gasteiger partial charge is 0.326 e. The number of benzene rings is 2. The lowest BCUT2D eigenvalue weighted by Gasteiger charge is -2.16. The predicted molar refractivity (Wildman–Crippen MR) is 112 cm³/mol. The number of amides is 2. The van der Waals surface area contributed by atoms with Gasteiger partial charge in [0.15, 0.2) is 0 Å². The Morgan fingerprint density at radius 3 is 2.44 bits per heavy atom. The van der Waals surface area contributed by atoms with E-state index in [-0.39, 0.29) is 17.7 Å². The molecule has 6 heteroatoms.